The van der Waals surface area contributed by atoms with Gasteiger partial charge in [0, 0.05) is 42.8 Å². The molecule has 0 unspecified atom stereocenters. The van der Waals surface area contributed by atoms with Crippen molar-refractivity contribution in [1.82, 2.24) is 5.32 Å². The van der Waals surface area contributed by atoms with Crippen LogP contribution in [0.4, 0.5) is 0 Å². The first kappa shape index (κ1) is 23.2. The van der Waals surface area contributed by atoms with Gasteiger partial charge in [-0.15, -0.1) is 0 Å². The lowest BCUT2D eigenvalue weighted by Crippen LogP contribution is -2.26. The molecule has 1 aliphatic heterocycles. The number of hydrogen-bond donors (Lipinski definition) is 1. The van der Waals surface area contributed by atoms with Gasteiger partial charge in [0.25, 0.3) is 0 Å². The highest BCUT2D eigenvalue weighted by Crippen LogP contribution is 2.12. The minimum atomic E-state index is 0.585. The van der Waals surface area contributed by atoms with Crippen molar-refractivity contribution in [2.45, 2.75) is 19.6 Å². The quantitative estimate of drug-likeness (QED) is 0.402. The van der Waals surface area contributed by atoms with Crippen molar-refractivity contribution >= 4 is 31.0 Å². The first-order valence-electron chi connectivity index (χ1n) is 12.1. The molecule has 1 heterocycles. The summed E-state index contributed by atoms with van der Waals surface area (Å²) in [6.45, 7) is 1.89. The number of benzene rings is 4. The average molecular weight is 469 g/mol. The lowest BCUT2D eigenvalue weighted by atomic mass is 10.1. The zero-order chi connectivity index (χ0) is 24.4. The van der Waals surface area contributed by atoms with Crippen LogP contribution in [-0.4, -0.2) is 18.6 Å². The molecule has 0 aliphatic carbocycles. The van der Waals surface area contributed by atoms with Crippen LogP contribution in [0.15, 0.2) is 112 Å². The van der Waals surface area contributed by atoms with Crippen LogP contribution >= 0.6 is 0 Å². The van der Waals surface area contributed by atoms with Crippen LogP contribution in [0.5, 0.6) is 0 Å². The van der Waals surface area contributed by atoms with Gasteiger partial charge in [-0.05, 0) is 38.6 Å². The second-order valence-corrected chi connectivity index (χ2v) is 8.60. The summed E-state index contributed by atoms with van der Waals surface area (Å²) in [5.41, 5.74) is 6.74. The van der Waals surface area contributed by atoms with E-state index >= 15 is 0 Å². The third-order valence-electron chi connectivity index (χ3n) is 6.12. The molecule has 0 aromatic heterocycles. The number of rotatable bonds is 0. The summed E-state index contributed by atoms with van der Waals surface area (Å²) >= 11 is 0. The van der Waals surface area contributed by atoms with Crippen molar-refractivity contribution in [3.05, 3.63) is 141 Å². The number of nitrogens with one attached hydrogen (secondary N) is 1. The van der Waals surface area contributed by atoms with Gasteiger partial charge in [-0.1, -0.05) is 97.1 Å². The van der Waals surface area contributed by atoms with Crippen molar-refractivity contribution in [3.63, 3.8) is 0 Å². The maximum Gasteiger partial charge on any atom is 0.0646 e. The average Bonchev–Trinajstić information content (AvgIpc) is 2.91. The molecule has 0 fully saturated rings. The molecule has 36 heavy (non-hydrogen) atoms. The summed E-state index contributed by atoms with van der Waals surface area (Å²) in [5.74, 6) is 0. The molecule has 0 spiro atoms. The van der Waals surface area contributed by atoms with Crippen molar-refractivity contribution in [1.29, 1.82) is 0 Å². The summed E-state index contributed by atoms with van der Waals surface area (Å²) in [6, 6.07) is 33.1. The van der Waals surface area contributed by atoms with E-state index in [0.717, 1.165) is 38.3 Å². The second-order valence-electron chi connectivity index (χ2n) is 8.60. The zero-order valence-electron chi connectivity index (χ0n) is 20.1. The molecule has 0 saturated heterocycles. The van der Waals surface area contributed by atoms with E-state index in [9.17, 15) is 0 Å². The monoisotopic (exact) mass is 468 g/mol. The van der Waals surface area contributed by atoms with Crippen LogP contribution in [0.1, 0.15) is 33.4 Å². The van der Waals surface area contributed by atoms with E-state index < -0.39 is 0 Å². The maximum absolute atomic E-state index is 4.77. The van der Waals surface area contributed by atoms with Gasteiger partial charge >= 0.3 is 0 Å². The topological polar surface area (TPSA) is 49.1 Å². The Morgan fingerprint density at radius 2 is 1.00 bits per heavy atom. The highest BCUT2D eigenvalue weighted by Gasteiger charge is 2.02. The Morgan fingerprint density at radius 1 is 0.500 bits per heavy atom. The first-order chi connectivity index (χ1) is 17.9. The Balaban J connectivity index is 1.55. The Morgan fingerprint density at radius 3 is 1.67 bits per heavy atom. The fourth-order valence-corrected chi connectivity index (χ4v) is 4.14. The van der Waals surface area contributed by atoms with Gasteiger partial charge < -0.3 is 5.32 Å². The van der Waals surface area contributed by atoms with E-state index in [1.807, 2.05) is 67.4 Å². The van der Waals surface area contributed by atoms with E-state index in [-0.39, 0.29) is 0 Å². The first-order valence-corrected chi connectivity index (χ1v) is 12.1. The molecule has 0 atom stereocenters. The van der Waals surface area contributed by atoms with Crippen LogP contribution in [-0.2, 0) is 19.6 Å². The molecular formula is C32H28N4. The van der Waals surface area contributed by atoms with Gasteiger partial charge in [-0.2, -0.15) is 0 Å². The van der Waals surface area contributed by atoms with Crippen molar-refractivity contribution < 1.29 is 0 Å². The molecule has 1 aliphatic rings. The molecule has 0 amide bonds. The summed E-state index contributed by atoms with van der Waals surface area (Å²) in [6.07, 6.45) is 9.78. The van der Waals surface area contributed by atoms with Crippen molar-refractivity contribution in [3.8, 4) is 0 Å². The lowest BCUT2D eigenvalue weighted by molar-refractivity contribution is 0.908. The minimum absolute atomic E-state index is 0.585. The van der Waals surface area contributed by atoms with Gasteiger partial charge in [0.1, 0.15) is 0 Å². The van der Waals surface area contributed by atoms with Crippen LogP contribution in [0.2, 0.25) is 0 Å². The zero-order valence-corrected chi connectivity index (χ0v) is 20.1. The number of aliphatic imine (C=N–C) groups is 3. The van der Waals surface area contributed by atoms with Gasteiger partial charge in [0.15, 0.2) is 0 Å². The summed E-state index contributed by atoms with van der Waals surface area (Å²) in [7, 11) is 0. The fourth-order valence-electron chi connectivity index (χ4n) is 4.14. The van der Waals surface area contributed by atoms with E-state index in [4.69, 9.17) is 9.98 Å². The molecule has 5 rings (SSSR count). The largest absolute Gasteiger partial charge is 0.386 e. The normalized spacial score (nSPS) is 15.4. The Hall–Kier alpha value is -4.57. The third kappa shape index (κ3) is 5.91. The summed E-state index contributed by atoms with van der Waals surface area (Å²) in [5, 5.41) is 5.62. The van der Waals surface area contributed by atoms with Gasteiger partial charge in [-0.3, -0.25) is 15.0 Å². The highest BCUT2D eigenvalue weighted by molar-refractivity contribution is 5.85. The lowest BCUT2D eigenvalue weighted by Gasteiger charge is -2.07. The van der Waals surface area contributed by atoms with Gasteiger partial charge in [0.2, 0.25) is 0 Å². The van der Waals surface area contributed by atoms with Crippen LogP contribution in [0.25, 0.3) is 12.4 Å². The number of fused-ring (bicyclic) bond motifs is 4. The SMILES string of the molecule is C1=N/C=c2\cccc\c2=C/NCc2ccccc2C=NCc2ccccc2C=NCc2ccccc21. The molecule has 176 valence electrons. The van der Waals surface area contributed by atoms with E-state index in [1.165, 1.54) is 5.56 Å². The molecule has 1 N–H and O–H groups in total. The smallest absolute Gasteiger partial charge is 0.0646 e. The molecular weight excluding hydrogens is 440 g/mol. The van der Waals surface area contributed by atoms with E-state index in [1.54, 1.807) is 0 Å². The Labute approximate surface area is 211 Å². The van der Waals surface area contributed by atoms with Crippen LogP contribution in [0, 0.1) is 0 Å². The van der Waals surface area contributed by atoms with Crippen molar-refractivity contribution in [2.75, 3.05) is 0 Å². The predicted molar refractivity (Wildman–Crippen MR) is 151 cm³/mol. The number of hydrogen-bond acceptors (Lipinski definition) is 4. The van der Waals surface area contributed by atoms with Crippen LogP contribution < -0.4 is 15.8 Å². The fraction of sp³-hybridized carbons (Fsp3) is 0.0938. The van der Waals surface area contributed by atoms with Crippen LogP contribution in [0.3, 0.4) is 0 Å². The molecule has 4 aromatic carbocycles. The molecule has 0 saturated carbocycles. The molecule has 0 radical (unpaired) electrons. The maximum atomic E-state index is 4.77. The van der Waals surface area contributed by atoms with Gasteiger partial charge in [-0.25, -0.2) is 0 Å². The molecule has 4 nitrogen and oxygen atoms in total. The molecule has 4 heteroatoms. The second kappa shape index (κ2) is 11.7. The molecule has 4 aromatic rings. The standard InChI is InChI=1S/C32H28N4/c1-2-10-26-18-34-20-28-12-5-6-14-30(28)22-36-24-32-16-8-7-15-31(32)23-35-21-29-13-4-3-11-27(29)19-33-17-25(26)9-1/h1-19,22-23,34H,20-21,24H2/b25-17+,26-18+,33-19?,35-23?,36-22?. The molecule has 0 bridgehead atoms. The highest BCUT2D eigenvalue weighted by atomic mass is 14.8. The number of nitrogens with zero attached hydrogens (tertiary/aromatic N) is 3. The summed E-state index contributed by atoms with van der Waals surface area (Å²) in [4.78, 5) is 14.2. The predicted octanol–water partition coefficient (Wildman–Crippen LogP) is 4.62. The van der Waals surface area contributed by atoms with E-state index in [0.29, 0.717) is 19.6 Å². The van der Waals surface area contributed by atoms with E-state index in [2.05, 4.69) is 71.0 Å². The van der Waals surface area contributed by atoms with Gasteiger partial charge in [0.05, 0.1) is 13.1 Å². The summed E-state index contributed by atoms with van der Waals surface area (Å²) < 4.78 is 0. The van der Waals surface area contributed by atoms with Crippen molar-refractivity contribution in [2.24, 2.45) is 15.0 Å². The Bertz CT molecular complexity index is 1550. The Kier molecular flexibility index (Phi) is 7.55. The third-order valence-corrected chi connectivity index (χ3v) is 6.12. The minimum Gasteiger partial charge on any atom is -0.386 e.